The summed E-state index contributed by atoms with van der Waals surface area (Å²) in [6.45, 7) is 2.11. The SMILES string of the molecule is CCOC(=O)CSP(=NP(=O)(c1ccccc1)c1ccccc1)(c1ccccc1)c1ccccc1. The Morgan fingerprint density at radius 2 is 1.06 bits per heavy atom. The molecule has 178 valence electrons. The Hall–Kier alpha value is -2.84. The average molecular weight is 520 g/mol. The molecule has 7 heteroatoms. The van der Waals surface area contributed by atoms with Crippen LogP contribution in [0.5, 0.6) is 0 Å². The van der Waals surface area contributed by atoms with Crippen LogP contribution in [0.1, 0.15) is 6.92 Å². The minimum Gasteiger partial charge on any atom is -0.465 e. The lowest BCUT2D eigenvalue weighted by atomic mass is 10.4. The Morgan fingerprint density at radius 1 is 0.686 bits per heavy atom. The number of nitrogens with zero attached hydrogens (tertiary/aromatic N) is 1. The summed E-state index contributed by atoms with van der Waals surface area (Å²) >= 11 is 1.44. The smallest absolute Gasteiger partial charge is 0.316 e. The topological polar surface area (TPSA) is 55.7 Å². The third-order valence-corrected chi connectivity index (χ3v) is 15.5. The van der Waals surface area contributed by atoms with Crippen molar-refractivity contribution in [3.8, 4) is 0 Å². The second-order valence-electron chi connectivity index (χ2n) is 7.66. The van der Waals surface area contributed by atoms with Crippen LogP contribution in [-0.4, -0.2) is 18.3 Å². The van der Waals surface area contributed by atoms with E-state index in [4.69, 9.17) is 9.25 Å². The second-order valence-corrected chi connectivity index (χ2v) is 15.7. The van der Waals surface area contributed by atoms with E-state index in [1.807, 2.05) is 121 Å². The van der Waals surface area contributed by atoms with Gasteiger partial charge in [-0.3, -0.25) is 9.36 Å². The van der Waals surface area contributed by atoms with Crippen LogP contribution in [0.3, 0.4) is 0 Å². The van der Waals surface area contributed by atoms with Gasteiger partial charge in [0.2, 0.25) is 7.29 Å². The van der Waals surface area contributed by atoms with E-state index in [0.29, 0.717) is 17.2 Å². The van der Waals surface area contributed by atoms with Crippen LogP contribution < -0.4 is 21.2 Å². The number of carbonyl (C=O) groups excluding carboxylic acids is 1. The standard InChI is InChI=1S/C28H27NO3P2S/c1-2-32-28(30)23-35-34(26-19-11-5-12-20-26,27-21-13-6-14-22-27)29-33(31,24-15-7-3-8-16-24)25-17-9-4-10-18-25/h3-22H,2,23H2,1H3. The molecule has 0 aliphatic rings. The van der Waals surface area contributed by atoms with Gasteiger partial charge in [-0.2, -0.15) is 0 Å². The van der Waals surface area contributed by atoms with Gasteiger partial charge in [-0.05, 0) is 31.2 Å². The van der Waals surface area contributed by atoms with Gasteiger partial charge in [-0.1, -0.05) is 108 Å². The van der Waals surface area contributed by atoms with Crippen molar-refractivity contribution < 1.29 is 14.1 Å². The molecule has 4 aromatic rings. The van der Waals surface area contributed by atoms with Crippen molar-refractivity contribution >= 4 is 52.1 Å². The molecule has 0 aliphatic heterocycles. The van der Waals surface area contributed by atoms with Crippen LogP contribution in [0.4, 0.5) is 0 Å². The Kier molecular flexibility index (Phi) is 8.46. The molecule has 0 heterocycles. The predicted octanol–water partition coefficient (Wildman–Crippen LogP) is 5.98. The number of rotatable bonds is 9. The van der Waals surface area contributed by atoms with Gasteiger partial charge in [0, 0.05) is 21.2 Å². The first-order valence-electron chi connectivity index (χ1n) is 11.3. The van der Waals surface area contributed by atoms with Crippen molar-refractivity contribution in [2.24, 2.45) is 4.52 Å². The van der Waals surface area contributed by atoms with E-state index in [2.05, 4.69) is 0 Å². The maximum absolute atomic E-state index is 15.1. The molecular weight excluding hydrogens is 492 g/mol. The van der Waals surface area contributed by atoms with E-state index in [1.165, 1.54) is 11.4 Å². The number of hydrogen-bond donors (Lipinski definition) is 0. The number of ether oxygens (including phenoxy) is 1. The summed E-state index contributed by atoms with van der Waals surface area (Å²) in [5.74, 6) is -0.198. The molecule has 0 unspecified atom stereocenters. The molecule has 35 heavy (non-hydrogen) atoms. The first-order chi connectivity index (χ1) is 17.1. The maximum Gasteiger partial charge on any atom is 0.316 e. The lowest BCUT2D eigenvalue weighted by Crippen LogP contribution is -2.19. The second kappa shape index (κ2) is 11.7. The van der Waals surface area contributed by atoms with E-state index in [1.54, 1.807) is 6.92 Å². The van der Waals surface area contributed by atoms with Crippen molar-refractivity contribution in [2.75, 3.05) is 12.4 Å². The lowest BCUT2D eigenvalue weighted by molar-refractivity contribution is -0.139. The molecule has 0 radical (unpaired) electrons. The van der Waals surface area contributed by atoms with Gasteiger partial charge in [-0.25, -0.2) is 4.52 Å². The Labute approximate surface area is 211 Å². The molecule has 4 rings (SSSR count). The van der Waals surface area contributed by atoms with Crippen molar-refractivity contribution in [3.63, 3.8) is 0 Å². The molecule has 0 amide bonds. The highest BCUT2D eigenvalue weighted by atomic mass is 32.7. The average Bonchev–Trinajstić information content (AvgIpc) is 2.93. The Morgan fingerprint density at radius 3 is 1.43 bits per heavy atom. The molecule has 0 bridgehead atoms. The van der Waals surface area contributed by atoms with Crippen LogP contribution in [-0.2, 0) is 14.1 Å². The zero-order valence-electron chi connectivity index (χ0n) is 19.4. The normalized spacial score (nSPS) is 11.6. The van der Waals surface area contributed by atoms with Gasteiger partial charge in [0.1, 0.15) is 0 Å². The fourth-order valence-corrected chi connectivity index (χ4v) is 14.5. The van der Waals surface area contributed by atoms with E-state index in [9.17, 15) is 4.79 Å². The number of carbonyl (C=O) groups is 1. The molecule has 4 aromatic carbocycles. The van der Waals surface area contributed by atoms with E-state index >= 15 is 4.57 Å². The summed E-state index contributed by atoms with van der Waals surface area (Å²) < 4.78 is 25.7. The molecule has 0 saturated carbocycles. The van der Waals surface area contributed by atoms with E-state index in [-0.39, 0.29) is 11.7 Å². The van der Waals surface area contributed by atoms with Crippen molar-refractivity contribution in [2.45, 2.75) is 6.92 Å². The van der Waals surface area contributed by atoms with Crippen LogP contribution >= 0.6 is 24.9 Å². The number of hydrogen-bond acceptors (Lipinski definition) is 4. The number of esters is 1. The van der Waals surface area contributed by atoms with Gasteiger partial charge in [0.25, 0.3) is 0 Å². The quantitative estimate of drug-likeness (QED) is 0.202. The first-order valence-corrected chi connectivity index (χ1v) is 16.3. The Bertz CT molecular complexity index is 1260. The third kappa shape index (κ3) is 5.70. The Balaban J connectivity index is 2.06. The highest BCUT2D eigenvalue weighted by Gasteiger charge is 2.35. The largest absolute Gasteiger partial charge is 0.465 e. The summed E-state index contributed by atoms with van der Waals surface area (Å²) in [6.07, 6.45) is -2.75. The fraction of sp³-hybridized carbons (Fsp3) is 0.107. The minimum absolute atomic E-state index is 0.110. The van der Waals surface area contributed by atoms with Gasteiger partial charge in [-0.15, -0.1) is 0 Å². The van der Waals surface area contributed by atoms with Crippen molar-refractivity contribution in [1.29, 1.82) is 0 Å². The van der Waals surface area contributed by atoms with Crippen LogP contribution in [0, 0.1) is 0 Å². The van der Waals surface area contributed by atoms with Gasteiger partial charge >= 0.3 is 5.97 Å². The van der Waals surface area contributed by atoms with Crippen LogP contribution in [0.25, 0.3) is 0 Å². The minimum atomic E-state index is -3.45. The molecule has 0 aliphatic carbocycles. The van der Waals surface area contributed by atoms with E-state index in [0.717, 1.165) is 10.6 Å². The molecule has 0 saturated heterocycles. The van der Waals surface area contributed by atoms with Crippen molar-refractivity contribution in [3.05, 3.63) is 121 Å². The highest BCUT2D eigenvalue weighted by Crippen LogP contribution is 2.67. The van der Waals surface area contributed by atoms with Crippen molar-refractivity contribution in [1.82, 2.24) is 0 Å². The maximum atomic E-state index is 15.1. The first kappa shape index (κ1) is 25.3. The fourth-order valence-electron chi connectivity index (χ4n) is 3.73. The summed E-state index contributed by atoms with van der Waals surface area (Å²) in [5, 5.41) is 3.23. The third-order valence-electron chi connectivity index (χ3n) is 5.35. The zero-order chi connectivity index (χ0) is 24.6. The number of benzene rings is 4. The predicted molar refractivity (Wildman–Crippen MR) is 150 cm³/mol. The molecule has 0 aromatic heterocycles. The molecule has 0 spiro atoms. The monoisotopic (exact) mass is 519 g/mol. The lowest BCUT2D eigenvalue weighted by Gasteiger charge is -2.28. The van der Waals surface area contributed by atoms with Crippen LogP contribution in [0.15, 0.2) is 126 Å². The van der Waals surface area contributed by atoms with Gasteiger partial charge in [0.05, 0.1) is 18.6 Å². The summed E-state index contributed by atoms with van der Waals surface area (Å²) in [5.41, 5.74) is 0. The van der Waals surface area contributed by atoms with Gasteiger partial charge in [0.15, 0.2) is 0 Å². The summed E-state index contributed by atoms with van der Waals surface area (Å²) in [6, 6.07) is 38.7. The molecular formula is C28H27NO3P2S. The highest BCUT2D eigenvalue weighted by molar-refractivity contribution is 8.64. The summed E-state index contributed by atoms with van der Waals surface area (Å²) in [4.78, 5) is 12.5. The van der Waals surface area contributed by atoms with E-state index < -0.39 is 13.5 Å². The molecule has 0 fully saturated rings. The zero-order valence-corrected chi connectivity index (χ0v) is 22.0. The molecule has 0 atom stereocenters. The van der Waals surface area contributed by atoms with Gasteiger partial charge < -0.3 is 4.74 Å². The van der Waals surface area contributed by atoms with Crippen LogP contribution in [0.2, 0.25) is 0 Å². The molecule has 0 N–H and O–H groups in total. The summed E-state index contributed by atoms with van der Waals surface area (Å²) in [7, 11) is -3.45. The molecule has 4 nitrogen and oxygen atoms in total.